The minimum absolute atomic E-state index is 0.0232. The number of nitrogens with zero attached hydrogens (tertiary/aromatic N) is 1. The number of rotatable bonds is 4. The summed E-state index contributed by atoms with van der Waals surface area (Å²) in [5.74, 6) is 0.500. The highest BCUT2D eigenvalue weighted by molar-refractivity contribution is 7.89. The summed E-state index contributed by atoms with van der Waals surface area (Å²) in [6, 6.07) is 6.61. The van der Waals surface area contributed by atoms with Crippen molar-refractivity contribution in [2.75, 3.05) is 6.54 Å². The van der Waals surface area contributed by atoms with Crippen LogP contribution in [0.4, 0.5) is 0 Å². The monoisotopic (exact) mass is 293 g/mol. The van der Waals surface area contributed by atoms with Crippen LogP contribution < -0.4 is 0 Å². The number of fused-ring (bicyclic) bond motifs is 2. The molecule has 0 amide bonds. The van der Waals surface area contributed by atoms with E-state index in [-0.39, 0.29) is 16.7 Å². The minimum Gasteiger partial charge on any atom is -0.294 e. The van der Waals surface area contributed by atoms with Crippen molar-refractivity contribution in [3.8, 4) is 0 Å². The van der Waals surface area contributed by atoms with Gasteiger partial charge in [0.2, 0.25) is 10.0 Å². The van der Waals surface area contributed by atoms with E-state index in [0.29, 0.717) is 24.4 Å². The van der Waals surface area contributed by atoms with Gasteiger partial charge in [-0.05, 0) is 37.3 Å². The third kappa shape index (κ3) is 2.19. The van der Waals surface area contributed by atoms with Gasteiger partial charge in [-0.2, -0.15) is 4.31 Å². The summed E-state index contributed by atoms with van der Waals surface area (Å²) in [4.78, 5) is 12.0. The number of piperidine rings is 1. The van der Waals surface area contributed by atoms with Gasteiger partial charge in [-0.15, -0.1) is 0 Å². The van der Waals surface area contributed by atoms with Crippen LogP contribution >= 0.6 is 0 Å². The Labute approximate surface area is 119 Å². The molecular weight excluding hydrogens is 274 g/mol. The van der Waals surface area contributed by atoms with E-state index in [2.05, 4.69) is 0 Å². The van der Waals surface area contributed by atoms with E-state index in [0.717, 1.165) is 19.3 Å². The van der Waals surface area contributed by atoms with Gasteiger partial charge >= 0.3 is 0 Å². The largest absolute Gasteiger partial charge is 0.294 e. The van der Waals surface area contributed by atoms with Crippen molar-refractivity contribution in [1.29, 1.82) is 0 Å². The molecule has 0 aromatic heterocycles. The Morgan fingerprint density at radius 2 is 2.15 bits per heavy atom. The fraction of sp³-hybridized carbons (Fsp3) is 0.533. The zero-order valence-electron chi connectivity index (χ0n) is 11.6. The van der Waals surface area contributed by atoms with Crippen LogP contribution in [0.25, 0.3) is 0 Å². The highest BCUT2D eigenvalue weighted by Gasteiger charge is 2.44. The van der Waals surface area contributed by atoms with Crippen LogP contribution in [0.3, 0.4) is 0 Å². The number of hydrogen-bond acceptors (Lipinski definition) is 3. The summed E-state index contributed by atoms with van der Waals surface area (Å²) < 4.78 is 27.0. The molecule has 2 fully saturated rings. The molecule has 2 atom stereocenters. The number of Topliss-reactive ketones (excluding diaryl/α,β-unsaturated/α-hetero) is 1. The van der Waals surface area contributed by atoms with Crippen LogP contribution in [0.2, 0.25) is 0 Å². The summed E-state index contributed by atoms with van der Waals surface area (Å²) >= 11 is 0. The lowest BCUT2D eigenvalue weighted by molar-refractivity contribution is 0.0988. The van der Waals surface area contributed by atoms with Gasteiger partial charge in [0.05, 0.1) is 4.90 Å². The van der Waals surface area contributed by atoms with Crippen molar-refractivity contribution in [2.45, 2.75) is 43.5 Å². The predicted molar refractivity (Wildman–Crippen MR) is 76.1 cm³/mol. The molecule has 1 aromatic rings. The second-order valence-electron chi connectivity index (χ2n) is 5.71. The number of carbonyl (C=O) groups excluding carboxylic acids is 1. The third-order valence-electron chi connectivity index (χ3n) is 4.44. The van der Waals surface area contributed by atoms with Crippen molar-refractivity contribution < 1.29 is 13.2 Å². The molecule has 20 heavy (non-hydrogen) atoms. The van der Waals surface area contributed by atoms with Crippen LogP contribution in [-0.4, -0.2) is 31.1 Å². The second-order valence-corrected chi connectivity index (χ2v) is 7.60. The van der Waals surface area contributed by atoms with Crippen molar-refractivity contribution in [1.82, 2.24) is 4.31 Å². The van der Waals surface area contributed by atoms with Gasteiger partial charge in [0.1, 0.15) is 0 Å². The minimum atomic E-state index is -3.45. The highest BCUT2D eigenvalue weighted by Crippen LogP contribution is 2.40. The summed E-state index contributed by atoms with van der Waals surface area (Å²) in [5.41, 5.74) is 0.484. The number of hydrogen-bond donors (Lipinski definition) is 0. The lowest BCUT2D eigenvalue weighted by Gasteiger charge is -2.26. The summed E-state index contributed by atoms with van der Waals surface area (Å²) in [6.07, 6.45) is 3.49. The average Bonchev–Trinajstić information content (AvgIpc) is 3.09. The van der Waals surface area contributed by atoms with Crippen molar-refractivity contribution in [2.24, 2.45) is 5.92 Å². The van der Waals surface area contributed by atoms with Gasteiger partial charge in [0, 0.05) is 24.6 Å². The van der Waals surface area contributed by atoms with Crippen LogP contribution in [0.5, 0.6) is 0 Å². The number of benzene rings is 1. The van der Waals surface area contributed by atoms with Crippen molar-refractivity contribution in [3.63, 3.8) is 0 Å². The molecule has 4 nitrogen and oxygen atoms in total. The Kier molecular flexibility index (Phi) is 3.42. The van der Waals surface area contributed by atoms with E-state index in [9.17, 15) is 13.2 Å². The van der Waals surface area contributed by atoms with Gasteiger partial charge in [-0.3, -0.25) is 4.79 Å². The van der Waals surface area contributed by atoms with Gasteiger partial charge in [-0.1, -0.05) is 19.1 Å². The first-order valence-corrected chi connectivity index (χ1v) is 8.61. The van der Waals surface area contributed by atoms with Crippen LogP contribution in [0, 0.1) is 5.92 Å². The fourth-order valence-corrected chi connectivity index (χ4v) is 5.13. The molecule has 0 radical (unpaired) electrons. The molecule has 1 aliphatic heterocycles. The fourth-order valence-electron chi connectivity index (χ4n) is 3.34. The third-order valence-corrected chi connectivity index (χ3v) is 6.36. The Hall–Kier alpha value is -1.20. The van der Waals surface area contributed by atoms with Crippen molar-refractivity contribution >= 4 is 15.8 Å². The van der Waals surface area contributed by atoms with E-state index in [1.807, 2.05) is 0 Å². The molecule has 1 saturated carbocycles. The van der Waals surface area contributed by atoms with E-state index in [4.69, 9.17) is 0 Å². The van der Waals surface area contributed by atoms with Crippen molar-refractivity contribution in [3.05, 3.63) is 29.8 Å². The summed E-state index contributed by atoms with van der Waals surface area (Å²) in [5, 5.41) is 0. The maximum absolute atomic E-state index is 12.7. The summed E-state index contributed by atoms with van der Waals surface area (Å²) in [6.45, 7) is 2.42. The maximum Gasteiger partial charge on any atom is 0.243 e. The topological polar surface area (TPSA) is 54.5 Å². The smallest absolute Gasteiger partial charge is 0.243 e. The first-order chi connectivity index (χ1) is 9.52. The Bertz CT molecular complexity index is 638. The van der Waals surface area contributed by atoms with Gasteiger partial charge in [-0.25, -0.2) is 8.42 Å². The molecule has 2 aliphatic rings. The first kappa shape index (κ1) is 13.8. The molecule has 1 saturated heterocycles. The second kappa shape index (κ2) is 4.97. The van der Waals surface area contributed by atoms with E-state index in [1.165, 1.54) is 6.07 Å². The molecule has 1 heterocycles. The van der Waals surface area contributed by atoms with E-state index in [1.54, 1.807) is 29.4 Å². The summed E-state index contributed by atoms with van der Waals surface area (Å²) in [7, 11) is -3.45. The molecule has 0 spiro atoms. The molecule has 2 unspecified atom stereocenters. The first-order valence-electron chi connectivity index (χ1n) is 7.17. The zero-order chi connectivity index (χ0) is 14.3. The Balaban J connectivity index is 1.93. The van der Waals surface area contributed by atoms with Gasteiger partial charge < -0.3 is 0 Å². The zero-order valence-corrected chi connectivity index (χ0v) is 12.4. The molecule has 5 heteroatoms. The molecule has 1 aliphatic carbocycles. The number of sulfonamides is 1. The van der Waals surface area contributed by atoms with Crippen LogP contribution in [-0.2, 0) is 10.0 Å². The molecule has 108 valence electrons. The maximum atomic E-state index is 12.7. The average molecular weight is 293 g/mol. The van der Waals surface area contributed by atoms with Gasteiger partial charge in [0.15, 0.2) is 5.78 Å². The van der Waals surface area contributed by atoms with Gasteiger partial charge in [0.25, 0.3) is 0 Å². The highest BCUT2D eigenvalue weighted by atomic mass is 32.2. The Morgan fingerprint density at radius 3 is 2.75 bits per heavy atom. The predicted octanol–water partition coefficient (Wildman–Crippen LogP) is 2.45. The molecular formula is C15H19NO3S. The molecule has 3 rings (SSSR count). The number of ketones is 1. The SMILES string of the molecule is CCC(=O)c1cccc(S(=O)(=O)N2CC3CCC2C3)c1. The lowest BCUT2D eigenvalue weighted by atomic mass is 10.1. The lowest BCUT2D eigenvalue weighted by Crippen LogP contribution is -2.37. The Morgan fingerprint density at radius 1 is 1.35 bits per heavy atom. The molecule has 2 bridgehead atoms. The number of carbonyl (C=O) groups is 1. The van der Waals surface area contributed by atoms with E-state index < -0.39 is 10.0 Å². The normalized spacial score (nSPS) is 26.1. The standard InChI is InChI=1S/C15H19NO3S/c1-2-15(17)12-4-3-5-14(9-12)20(18,19)16-10-11-6-7-13(16)8-11/h3-5,9,11,13H,2,6-8,10H2,1H3. The van der Waals surface area contributed by atoms with Crippen LogP contribution in [0.15, 0.2) is 29.2 Å². The van der Waals surface area contributed by atoms with Crippen LogP contribution in [0.1, 0.15) is 43.0 Å². The molecule has 1 aromatic carbocycles. The quantitative estimate of drug-likeness (QED) is 0.801. The van der Waals surface area contributed by atoms with E-state index >= 15 is 0 Å². The molecule has 0 N–H and O–H groups in total.